The van der Waals surface area contributed by atoms with E-state index in [0.717, 1.165) is 19.6 Å². The van der Waals surface area contributed by atoms with Crippen LogP contribution in [0, 0.1) is 6.92 Å². The highest BCUT2D eigenvalue weighted by Crippen LogP contribution is 2.32. The molecule has 2 atom stereocenters. The summed E-state index contributed by atoms with van der Waals surface area (Å²) >= 11 is 0. The van der Waals surface area contributed by atoms with Gasteiger partial charge in [-0.3, -0.25) is 14.6 Å². The fourth-order valence-corrected chi connectivity index (χ4v) is 4.96. The molecule has 1 saturated heterocycles. The summed E-state index contributed by atoms with van der Waals surface area (Å²) < 4.78 is 5.56. The number of piperazine rings is 1. The zero-order valence-electron chi connectivity index (χ0n) is 21.7. The zero-order chi connectivity index (χ0) is 25.0. The Kier molecular flexibility index (Phi) is 7.73. The Morgan fingerprint density at radius 3 is 2.23 bits per heavy atom. The van der Waals surface area contributed by atoms with Gasteiger partial charge >= 0.3 is 5.97 Å². The first-order valence-electron chi connectivity index (χ1n) is 12.6. The third-order valence-corrected chi connectivity index (χ3v) is 6.61. The summed E-state index contributed by atoms with van der Waals surface area (Å²) in [5.41, 5.74) is 5.89. The van der Waals surface area contributed by atoms with Crippen molar-refractivity contribution in [2.45, 2.75) is 52.3 Å². The molecule has 0 spiro atoms. The summed E-state index contributed by atoms with van der Waals surface area (Å²) in [4.78, 5) is 17.2. The van der Waals surface area contributed by atoms with E-state index in [0.29, 0.717) is 6.54 Å². The van der Waals surface area contributed by atoms with Gasteiger partial charge in [0.15, 0.2) is 0 Å². The molecule has 0 saturated carbocycles. The van der Waals surface area contributed by atoms with E-state index in [2.05, 4.69) is 103 Å². The molecule has 0 amide bonds. The maximum atomic E-state index is 12.4. The smallest absolute Gasteiger partial charge is 0.320 e. The van der Waals surface area contributed by atoms with E-state index >= 15 is 0 Å². The molecule has 4 nitrogen and oxygen atoms in total. The normalized spacial score (nSPS) is 18.3. The second-order valence-electron chi connectivity index (χ2n) is 10.7. The number of rotatable bonds is 6. The van der Waals surface area contributed by atoms with Crippen LogP contribution in [0.5, 0.6) is 0 Å². The predicted octanol–water partition coefficient (Wildman–Crippen LogP) is 6.10. The maximum Gasteiger partial charge on any atom is 0.320 e. The fraction of sp³-hybridized carbons (Fsp3) is 0.387. The Balaban J connectivity index is 1.53. The number of hydrogen-bond acceptors (Lipinski definition) is 4. The Bertz CT molecular complexity index is 1120. The van der Waals surface area contributed by atoms with Gasteiger partial charge in [0.05, 0.1) is 12.6 Å². The van der Waals surface area contributed by atoms with Gasteiger partial charge in [0.25, 0.3) is 0 Å². The van der Waals surface area contributed by atoms with Crippen LogP contribution in [-0.4, -0.2) is 53.6 Å². The fourth-order valence-electron chi connectivity index (χ4n) is 4.96. The van der Waals surface area contributed by atoms with E-state index in [4.69, 9.17) is 4.74 Å². The molecule has 1 aliphatic rings. The van der Waals surface area contributed by atoms with E-state index in [1.165, 1.54) is 27.8 Å². The monoisotopic (exact) mass is 470 g/mol. The lowest BCUT2D eigenvalue weighted by Crippen LogP contribution is -2.54. The highest BCUT2D eigenvalue weighted by Gasteiger charge is 2.32. The van der Waals surface area contributed by atoms with Crippen molar-refractivity contribution >= 4 is 5.97 Å². The number of esters is 1. The van der Waals surface area contributed by atoms with Gasteiger partial charge < -0.3 is 4.74 Å². The summed E-state index contributed by atoms with van der Waals surface area (Å²) in [7, 11) is 0. The summed E-state index contributed by atoms with van der Waals surface area (Å²) in [5, 5.41) is 0. The van der Waals surface area contributed by atoms with Crippen molar-refractivity contribution in [1.29, 1.82) is 0 Å². The second kappa shape index (κ2) is 10.8. The molecule has 0 aliphatic carbocycles. The minimum atomic E-state index is -0.453. The molecule has 0 bridgehead atoms. The number of hydrogen-bond donors (Lipinski definition) is 0. The van der Waals surface area contributed by atoms with E-state index in [1.54, 1.807) is 0 Å². The lowest BCUT2D eigenvalue weighted by atomic mass is 9.93. The average Bonchev–Trinajstić information content (AvgIpc) is 2.81. The van der Waals surface area contributed by atoms with Gasteiger partial charge in [0.1, 0.15) is 5.60 Å². The van der Waals surface area contributed by atoms with Crippen molar-refractivity contribution in [3.8, 4) is 11.1 Å². The summed E-state index contributed by atoms with van der Waals surface area (Å²) in [5.74, 6) is -0.149. The zero-order valence-corrected chi connectivity index (χ0v) is 21.7. The highest BCUT2D eigenvalue weighted by atomic mass is 16.6. The number of ether oxygens (including phenoxy) is 1. The van der Waals surface area contributed by atoms with Crippen LogP contribution >= 0.6 is 0 Å². The van der Waals surface area contributed by atoms with Gasteiger partial charge in [0.2, 0.25) is 0 Å². The first-order valence-corrected chi connectivity index (χ1v) is 12.6. The van der Waals surface area contributed by atoms with Crippen LogP contribution in [0.1, 0.15) is 50.4 Å². The standard InChI is InChI=1S/C31H38N2O2/c1-23-10-9-13-28(20-23)25-14-16-27(17-15-25)30(26-11-7-6-8-12-26)33-19-18-32(24(2)21-33)22-29(34)35-31(3,4)5/h6-17,20,24,30H,18-19,21-22H2,1-5H3/t24-,30-/m1/s1. The molecule has 0 aromatic heterocycles. The highest BCUT2D eigenvalue weighted by molar-refractivity contribution is 5.72. The van der Waals surface area contributed by atoms with E-state index in [1.807, 2.05) is 20.8 Å². The van der Waals surface area contributed by atoms with Crippen LogP contribution in [0.2, 0.25) is 0 Å². The summed E-state index contributed by atoms with van der Waals surface area (Å²) in [6.07, 6.45) is 0. The summed E-state index contributed by atoms with van der Waals surface area (Å²) in [6.45, 7) is 13.1. The third kappa shape index (κ3) is 6.59. The Hall–Kier alpha value is -2.95. The van der Waals surface area contributed by atoms with Crippen molar-refractivity contribution in [2.75, 3.05) is 26.2 Å². The maximum absolute atomic E-state index is 12.4. The van der Waals surface area contributed by atoms with Gasteiger partial charge in [-0.15, -0.1) is 0 Å². The van der Waals surface area contributed by atoms with E-state index in [9.17, 15) is 4.79 Å². The van der Waals surface area contributed by atoms with E-state index in [-0.39, 0.29) is 18.1 Å². The van der Waals surface area contributed by atoms with Crippen LogP contribution in [0.3, 0.4) is 0 Å². The van der Waals surface area contributed by atoms with Crippen LogP contribution in [0.4, 0.5) is 0 Å². The van der Waals surface area contributed by atoms with E-state index < -0.39 is 5.60 Å². The molecule has 1 fully saturated rings. The lowest BCUT2D eigenvalue weighted by Gasteiger charge is -2.43. The minimum absolute atomic E-state index is 0.149. The van der Waals surface area contributed by atoms with Gasteiger partial charge in [-0.1, -0.05) is 84.4 Å². The number of carbonyl (C=O) groups excluding carboxylic acids is 1. The van der Waals surface area contributed by atoms with Crippen molar-refractivity contribution in [1.82, 2.24) is 9.80 Å². The Morgan fingerprint density at radius 1 is 0.914 bits per heavy atom. The Morgan fingerprint density at radius 2 is 1.60 bits per heavy atom. The lowest BCUT2D eigenvalue weighted by molar-refractivity contribution is -0.157. The molecule has 3 aromatic carbocycles. The molecular weight excluding hydrogens is 432 g/mol. The molecule has 1 heterocycles. The molecule has 4 rings (SSSR count). The minimum Gasteiger partial charge on any atom is -0.459 e. The summed E-state index contributed by atoms with van der Waals surface area (Å²) in [6, 6.07) is 28.8. The topological polar surface area (TPSA) is 32.8 Å². The second-order valence-corrected chi connectivity index (χ2v) is 10.7. The van der Waals surface area contributed by atoms with Gasteiger partial charge in [-0.2, -0.15) is 0 Å². The molecule has 0 radical (unpaired) electrons. The van der Waals surface area contributed by atoms with Crippen molar-refractivity contribution in [3.63, 3.8) is 0 Å². The van der Waals surface area contributed by atoms with Crippen molar-refractivity contribution in [3.05, 3.63) is 95.6 Å². The Labute approximate surface area is 210 Å². The van der Waals surface area contributed by atoms with Gasteiger partial charge in [0, 0.05) is 25.7 Å². The van der Waals surface area contributed by atoms with Crippen molar-refractivity contribution in [2.24, 2.45) is 0 Å². The van der Waals surface area contributed by atoms with Crippen molar-refractivity contribution < 1.29 is 9.53 Å². The molecular formula is C31H38N2O2. The van der Waals surface area contributed by atoms with Gasteiger partial charge in [-0.25, -0.2) is 0 Å². The molecule has 0 unspecified atom stereocenters. The first kappa shape index (κ1) is 25.2. The number of benzene rings is 3. The molecule has 1 aliphatic heterocycles. The SMILES string of the molecule is Cc1cccc(-c2ccc([C@@H](c3ccccc3)N3CCN(CC(=O)OC(C)(C)C)[C@H](C)C3)cc2)c1. The number of aryl methyl sites for hydroxylation is 1. The van der Waals surface area contributed by atoms with Crippen LogP contribution in [-0.2, 0) is 9.53 Å². The van der Waals surface area contributed by atoms with Crippen LogP contribution < -0.4 is 0 Å². The predicted molar refractivity (Wildman–Crippen MR) is 143 cm³/mol. The third-order valence-electron chi connectivity index (χ3n) is 6.61. The number of nitrogens with zero attached hydrogens (tertiary/aromatic N) is 2. The average molecular weight is 471 g/mol. The quantitative estimate of drug-likeness (QED) is 0.408. The molecule has 35 heavy (non-hydrogen) atoms. The number of carbonyl (C=O) groups is 1. The van der Waals surface area contributed by atoms with Crippen LogP contribution in [0.25, 0.3) is 11.1 Å². The molecule has 0 N–H and O–H groups in total. The first-order chi connectivity index (χ1) is 16.7. The molecule has 3 aromatic rings. The van der Waals surface area contributed by atoms with Gasteiger partial charge in [-0.05, 0) is 56.9 Å². The largest absolute Gasteiger partial charge is 0.459 e. The molecule has 184 valence electrons. The molecule has 4 heteroatoms. The van der Waals surface area contributed by atoms with Crippen LogP contribution in [0.15, 0.2) is 78.9 Å².